The molecule has 0 aliphatic carbocycles. The van der Waals surface area contributed by atoms with Crippen molar-refractivity contribution in [1.29, 1.82) is 0 Å². The Morgan fingerprint density at radius 3 is 2.65 bits per heavy atom. The highest BCUT2D eigenvalue weighted by Crippen LogP contribution is 2.24. The lowest BCUT2D eigenvalue weighted by atomic mass is 10.1. The first-order valence-electron chi connectivity index (χ1n) is 10.5. The Bertz CT molecular complexity index is 1000. The Balaban J connectivity index is 1.55. The van der Waals surface area contributed by atoms with Gasteiger partial charge in [0.2, 0.25) is 0 Å². The van der Waals surface area contributed by atoms with Gasteiger partial charge in [-0.05, 0) is 24.6 Å². The first kappa shape index (κ1) is 21.6. The number of carbonyl (C=O) groups is 1. The minimum absolute atomic E-state index is 0.00266. The first-order valence-corrected chi connectivity index (χ1v) is 10.9. The normalized spacial score (nSPS) is 15.5. The molecule has 1 aliphatic rings. The predicted octanol–water partition coefficient (Wildman–Crippen LogP) is 4.36. The van der Waals surface area contributed by atoms with Crippen molar-refractivity contribution in [3.05, 3.63) is 76.9 Å². The lowest BCUT2D eigenvalue weighted by Crippen LogP contribution is -2.48. The molecule has 0 saturated carbocycles. The molecule has 1 saturated heterocycles. The van der Waals surface area contributed by atoms with Crippen LogP contribution in [0.1, 0.15) is 23.0 Å². The van der Waals surface area contributed by atoms with Gasteiger partial charge in [0.1, 0.15) is 0 Å². The number of morpholine rings is 1. The van der Waals surface area contributed by atoms with Gasteiger partial charge < -0.3 is 14.2 Å². The van der Waals surface area contributed by atoms with Gasteiger partial charge in [-0.2, -0.15) is 0 Å². The average molecular weight is 440 g/mol. The maximum absolute atomic E-state index is 13.5. The van der Waals surface area contributed by atoms with E-state index in [1.807, 2.05) is 47.4 Å². The summed E-state index contributed by atoms with van der Waals surface area (Å²) in [7, 11) is 0. The van der Waals surface area contributed by atoms with Crippen LogP contribution in [0.2, 0.25) is 5.02 Å². The van der Waals surface area contributed by atoms with Gasteiger partial charge in [0, 0.05) is 48.9 Å². The molecule has 1 aromatic heterocycles. The summed E-state index contributed by atoms with van der Waals surface area (Å²) in [5, 5.41) is 4.67. The van der Waals surface area contributed by atoms with Crippen LogP contribution in [0.15, 0.2) is 65.2 Å². The third-order valence-corrected chi connectivity index (χ3v) is 5.69. The van der Waals surface area contributed by atoms with Crippen molar-refractivity contribution in [2.24, 2.45) is 0 Å². The number of carbonyl (C=O) groups excluding carboxylic acids is 1. The van der Waals surface area contributed by atoms with E-state index in [2.05, 4.69) is 17.0 Å². The van der Waals surface area contributed by atoms with Crippen LogP contribution in [0.5, 0.6) is 0 Å². The zero-order valence-corrected chi connectivity index (χ0v) is 18.3. The zero-order chi connectivity index (χ0) is 21.6. The van der Waals surface area contributed by atoms with Crippen LogP contribution in [0.3, 0.4) is 0 Å². The van der Waals surface area contributed by atoms with Gasteiger partial charge in [-0.1, -0.05) is 59.2 Å². The third kappa shape index (κ3) is 5.53. The van der Waals surface area contributed by atoms with Gasteiger partial charge in [-0.25, -0.2) is 0 Å². The van der Waals surface area contributed by atoms with Gasteiger partial charge in [0.25, 0.3) is 5.91 Å². The summed E-state index contributed by atoms with van der Waals surface area (Å²) in [6.45, 7) is 6.57. The monoisotopic (exact) mass is 439 g/mol. The summed E-state index contributed by atoms with van der Waals surface area (Å²) in [6, 6.07) is 19.0. The fraction of sp³-hybridized carbons (Fsp3) is 0.333. The second kappa shape index (κ2) is 10.1. The smallest absolute Gasteiger partial charge is 0.276 e. The van der Waals surface area contributed by atoms with Gasteiger partial charge in [0.15, 0.2) is 11.5 Å². The highest BCUT2D eigenvalue weighted by Gasteiger charge is 2.27. The van der Waals surface area contributed by atoms with E-state index in [1.165, 1.54) is 0 Å². The van der Waals surface area contributed by atoms with Crippen molar-refractivity contribution in [3.63, 3.8) is 0 Å². The van der Waals surface area contributed by atoms with Gasteiger partial charge >= 0.3 is 0 Å². The topological polar surface area (TPSA) is 58.8 Å². The number of hydrogen-bond donors (Lipinski definition) is 0. The number of ether oxygens (including phenoxy) is 1. The maximum atomic E-state index is 13.5. The second-order valence-electron chi connectivity index (χ2n) is 7.77. The molecule has 7 heteroatoms. The minimum Gasteiger partial charge on any atom is -0.379 e. The molecule has 0 N–H and O–H groups in total. The van der Waals surface area contributed by atoms with Crippen molar-refractivity contribution in [2.75, 3.05) is 32.8 Å². The van der Waals surface area contributed by atoms with Crippen LogP contribution >= 0.6 is 11.6 Å². The number of benzene rings is 2. The molecule has 0 spiro atoms. The Labute approximate surface area is 187 Å². The summed E-state index contributed by atoms with van der Waals surface area (Å²) in [4.78, 5) is 17.7. The summed E-state index contributed by atoms with van der Waals surface area (Å²) in [6.07, 6.45) is 0. The molecule has 1 aliphatic heterocycles. The van der Waals surface area contributed by atoms with Crippen molar-refractivity contribution in [2.45, 2.75) is 19.5 Å². The molecular weight excluding hydrogens is 414 g/mol. The number of aromatic nitrogens is 1. The largest absolute Gasteiger partial charge is 0.379 e. The van der Waals surface area contributed by atoms with Crippen LogP contribution in [-0.4, -0.2) is 59.8 Å². The molecule has 6 nitrogen and oxygen atoms in total. The van der Waals surface area contributed by atoms with Crippen molar-refractivity contribution in [3.8, 4) is 11.3 Å². The Hall–Kier alpha value is -2.67. The molecule has 4 rings (SSSR count). The summed E-state index contributed by atoms with van der Waals surface area (Å²) in [5.41, 5.74) is 2.15. The Morgan fingerprint density at radius 2 is 1.90 bits per heavy atom. The fourth-order valence-corrected chi connectivity index (χ4v) is 3.96. The lowest BCUT2D eigenvalue weighted by molar-refractivity contribution is 0.0226. The SMILES string of the molecule is CC(CN1CCOCC1)N(Cc1ccccc1)C(=O)c1cc(-c2cccc(Cl)c2)on1. The maximum Gasteiger partial charge on any atom is 0.276 e. The summed E-state index contributed by atoms with van der Waals surface area (Å²) in [5.74, 6) is 0.369. The summed E-state index contributed by atoms with van der Waals surface area (Å²) >= 11 is 6.09. The van der Waals surface area contributed by atoms with E-state index in [0.717, 1.165) is 44.0 Å². The molecule has 31 heavy (non-hydrogen) atoms. The van der Waals surface area contributed by atoms with E-state index in [1.54, 1.807) is 18.2 Å². The van der Waals surface area contributed by atoms with Gasteiger partial charge in [-0.15, -0.1) is 0 Å². The average Bonchev–Trinajstić information content (AvgIpc) is 3.29. The number of halogens is 1. The number of rotatable bonds is 7. The van der Waals surface area contributed by atoms with Crippen molar-refractivity contribution < 1.29 is 14.1 Å². The quantitative estimate of drug-likeness (QED) is 0.547. The molecule has 3 aromatic rings. The van der Waals surface area contributed by atoms with Crippen LogP contribution in [-0.2, 0) is 11.3 Å². The number of nitrogens with zero attached hydrogens (tertiary/aromatic N) is 3. The standard InChI is InChI=1S/C24H26ClN3O3/c1-18(16-27-10-12-30-13-11-27)28(17-19-6-3-2-4-7-19)24(29)22-15-23(31-26-22)20-8-5-9-21(25)14-20/h2-9,14-15,18H,10-13,16-17H2,1H3. The van der Waals surface area contributed by atoms with E-state index in [-0.39, 0.29) is 11.9 Å². The van der Waals surface area contributed by atoms with Gasteiger partial charge in [0.05, 0.1) is 13.2 Å². The van der Waals surface area contributed by atoms with Crippen molar-refractivity contribution in [1.82, 2.24) is 15.0 Å². The molecular formula is C24H26ClN3O3. The number of hydrogen-bond acceptors (Lipinski definition) is 5. The summed E-state index contributed by atoms with van der Waals surface area (Å²) < 4.78 is 10.9. The fourth-order valence-electron chi connectivity index (χ4n) is 3.76. The zero-order valence-electron chi connectivity index (χ0n) is 17.5. The van der Waals surface area contributed by atoms with E-state index >= 15 is 0 Å². The van der Waals surface area contributed by atoms with Crippen LogP contribution in [0.25, 0.3) is 11.3 Å². The van der Waals surface area contributed by atoms with E-state index < -0.39 is 0 Å². The highest BCUT2D eigenvalue weighted by molar-refractivity contribution is 6.30. The van der Waals surface area contributed by atoms with Gasteiger partial charge in [-0.3, -0.25) is 9.69 Å². The van der Waals surface area contributed by atoms with Crippen molar-refractivity contribution >= 4 is 17.5 Å². The number of amides is 1. The molecule has 0 bridgehead atoms. The molecule has 2 heterocycles. The van der Waals surface area contributed by atoms with E-state index in [0.29, 0.717) is 23.0 Å². The molecule has 1 unspecified atom stereocenters. The van der Waals surface area contributed by atoms with Crippen LogP contribution < -0.4 is 0 Å². The van der Waals surface area contributed by atoms with E-state index in [4.69, 9.17) is 20.9 Å². The van der Waals surface area contributed by atoms with E-state index in [9.17, 15) is 4.79 Å². The predicted molar refractivity (Wildman–Crippen MR) is 120 cm³/mol. The minimum atomic E-state index is -0.151. The Morgan fingerprint density at radius 1 is 1.13 bits per heavy atom. The van der Waals surface area contributed by atoms with Crippen LogP contribution in [0, 0.1) is 0 Å². The molecule has 1 fully saturated rings. The third-order valence-electron chi connectivity index (χ3n) is 5.45. The second-order valence-corrected chi connectivity index (χ2v) is 8.20. The molecule has 1 atom stereocenters. The van der Waals surface area contributed by atoms with Crippen LogP contribution in [0.4, 0.5) is 0 Å². The molecule has 2 aromatic carbocycles. The lowest BCUT2D eigenvalue weighted by Gasteiger charge is -2.34. The molecule has 162 valence electrons. The highest BCUT2D eigenvalue weighted by atomic mass is 35.5. The Kier molecular flexibility index (Phi) is 7.02. The molecule has 0 radical (unpaired) electrons. The first-order chi connectivity index (χ1) is 15.1. The molecule has 1 amide bonds.